The molecule has 1 aliphatic rings. The molecule has 0 bridgehead atoms. The molecule has 33 heavy (non-hydrogen) atoms. The van der Waals surface area contributed by atoms with Crippen molar-refractivity contribution in [1.82, 2.24) is 4.90 Å². The Balaban J connectivity index is 1.55. The molecule has 0 unspecified atom stereocenters. The monoisotopic (exact) mass is 454 g/mol. The highest BCUT2D eigenvalue weighted by molar-refractivity contribution is 6.06. The number of carbonyl (C=O) groups excluding carboxylic acids is 1. The summed E-state index contributed by atoms with van der Waals surface area (Å²) < 4.78 is 46.9. The topological polar surface area (TPSA) is 32.8 Å². The minimum Gasteiger partial charge on any atom is -0.497 e. The molecule has 4 nitrogen and oxygen atoms in total. The van der Waals surface area contributed by atoms with Crippen LogP contribution in [-0.2, 0) is 6.54 Å². The van der Waals surface area contributed by atoms with Crippen molar-refractivity contribution in [2.45, 2.75) is 25.4 Å². The lowest BCUT2D eigenvalue weighted by Gasteiger charge is -2.38. The number of amides is 1. The van der Waals surface area contributed by atoms with Gasteiger partial charge in [0.1, 0.15) is 23.2 Å². The minimum absolute atomic E-state index is 0.0583. The highest BCUT2D eigenvalue weighted by Gasteiger charge is 2.30. The third-order valence-corrected chi connectivity index (χ3v) is 6.01. The van der Waals surface area contributed by atoms with E-state index in [2.05, 4.69) is 0 Å². The Kier molecular flexibility index (Phi) is 6.99. The molecule has 3 aromatic carbocycles. The molecular weight excluding hydrogens is 429 g/mol. The maximum atomic E-state index is 14.1. The molecule has 4 rings (SSSR count). The first-order chi connectivity index (χ1) is 16.0. The molecule has 0 aromatic heterocycles. The molecule has 0 radical (unpaired) electrons. The Bertz CT molecular complexity index is 1090. The van der Waals surface area contributed by atoms with E-state index in [1.165, 1.54) is 42.5 Å². The van der Waals surface area contributed by atoms with Crippen LogP contribution in [0.25, 0.3) is 0 Å². The normalized spacial score (nSPS) is 14.8. The highest BCUT2D eigenvalue weighted by Crippen LogP contribution is 2.29. The molecule has 1 heterocycles. The predicted molar refractivity (Wildman–Crippen MR) is 121 cm³/mol. The number of methoxy groups -OCH3 is 1. The summed E-state index contributed by atoms with van der Waals surface area (Å²) in [7, 11) is 1.56. The average molecular weight is 454 g/mol. The first-order valence-electron chi connectivity index (χ1n) is 10.8. The van der Waals surface area contributed by atoms with Crippen molar-refractivity contribution in [2.24, 2.45) is 0 Å². The number of halogens is 3. The molecule has 1 saturated heterocycles. The number of carbonyl (C=O) groups is 1. The second kappa shape index (κ2) is 10.1. The number of likely N-dealkylation sites (tertiary alicyclic amines) is 1. The number of hydrogen-bond donors (Lipinski definition) is 0. The Hall–Kier alpha value is -3.32. The van der Waals surface area contributed by atoms with Crippen molar-refractivity contribution in [2.75, 3.05) is 25.1 Å². The summed E-state index contributed by atoms with van der Waals surface area (Å²) in [5.74, 6) is -1.13. The van der Waals surface area contributed by atoms with E-state index in [-0.39, 0.29) is 24.1 Å². The van der Waals surface area contributed by atoms with Crippen molar-refractivity contribution in [3.05, 3.63) is 95.3 Å². The lowest BCUT2D eigenvalue weighted by atomic mass is 10.00. The zero-order valence-electron chi connectivity index (χ0n) is 18.3. The van der Waals surface area contributed by atoms with E-state index in [0.717, 1.165) is 0 Å². The number of nitrogens with zero attached hydrogens (tertiary/aromatic N) is 2. The van der Waals surface area contributed by atoms with E-state index in [9.17, 15) is 18.0 Å². The van der Waals surface area contributed by atoms with Crippen LogP contribution in [0.5, 0.6) is 5.75 Å². The molecule has 0 N–H and O–H groups in total. The molecule has 1 fully saturated rings. The Labute approximate surface area is 191 Å². The quantitative estimate of drug-likeness (QED) is 0.498. The second-order valence-corrected chi connectivity index (χ2v) is 8.09. The summed E-state index contributed by atoms with van der Waals surface area (Å²) in [6.45, 7) is 1.33. The van der Waals surface area contributed by atoms with Gasteiger partial charge >= 0.3 is 0 Å². The molecule has 172 valence electrons. The van der Waals surface area contributed by atoms with Gasteiger partial charge in [0, 0.05) is 48.6 Å². The van der Waals surface area contributed by atoms with E-state index in [1.807, 2.05) is 17.0 Å². The molecule has 1 aliphatic heterocycles. The van der Waals surface area contributed by atoms with Gasteiger partial charge in [-0.15, -0.1) is 0 Å². The van der Waals surface area contributed by atoms with Crippen molar-refractivity contribution in [3.63, 3.8) is 0 Å². The van der Waals surface area contributed by atoms with E-state index in [4.69, 9.17) is 4.74 Å². The SMILES string of the molecule is COc1cccc(N(C(=O)c2ccc(F)cc2)C2CCN(Cc3c(F)cccc3F)CC2)c1. The van der Waals surface area contributed by atoms with Crippen molar-refractivity contribution >= 4 is 11.6 Å². The van der Waals surface area contributed by atoms with Crippen LogP contribution in [0.2, 0.25) is 0 Å². The maximum absolute atomic E-state index is 14.1. The molecule has 0 atom stereocenters. The highest BCUT2D eigenvalue weighted by atomic mass is 19.1. The van der Waals surface area contributed by atoms with Crippen LogP contribution in [0.1, 0.15) is 28.8 Å². The van der Waals surface area contributed by atoms with Crippen LogP contribution in [0, 0.1) is 17.5 Å². The Morgan fingerprint density at radius 3 is 2.24 bits per heavy atom. The Morgan fingerprint density at radius 1 is 0.970 bits per heavy atom. The van der Waals surface area contributed by atoms with Crippen LogP contribution in [0.4, 0.5) is 18.9 Å². The average Bonchev–Trinajstić information content (AvgIpc) is 2.83. The third-order valence-electron chi connectivity index (χ3n) is 6.01. The fraction of sp³-hybridized carbons (Fsp3) is 0.269. The molecule has 3 aromatic rings. The van der Waals surface area contributed by atoms with E-state index >= 15 is 0 Å². The van der Waals surface area contributed by atoms with Crippen molar-refractivity contribution in [1.29, 1.82) is 0 Å². The van der Waals surface area contributed by atoms with Gasteiger partial charge in [0.25, 0.3) is 5.91 Å². The largest absolute Gasteiger partial charge is 0.497 e. The predicted octanol–water partition coefficient (Wildman–Crippen LogP) is 5.42. The molecular formula is C26H25F3N2O2. The zero-order chi connectivity index (χ0) is 23.4. The van der Waals surface area contributed by atoms with Gasteiger partial charge in [0.2, 0.25) is 0 Å². The minimum atomic E-state index is -0.554. The number of piperidine rings is 1. The summed E-state index contributed by atoms with van der Waals surface area (Å²) >= 11 is 0. The van der Waals surface area contributed by atoms with Gasteiger partial charge in [-0.25, -0.2) is 13.2 Å². The van der Waals surface area contributed by atoms with Gasteiger partial charge in [-0.3, -0.25) is 9.69 Å². The fourth-order valence-corrected chi connectivity index (χ4v) is 4.23. The molecule has 0 aliphatic carbocycles. The van der Waals surface area contributed by atoms with Gasteiger partial charge < -0.3 is 9.64 Å². The van der Waals surface area contributed by atoms with Crippen LogP contribution < -0.4 is 9.64 Å². The van der Waals surface area contributed by atoms with Gasteiger partial charge in [0.15, 0.2) is 0 Å². The third kappa shape index (κ3) is 5.20. The first kappa shape index (κ1) is 22.9. The van der Waals surface area contributed by atoms with Crippen LogP contribution in [0.3, 0.4) is 0 Å². The molecule has 0 saturated carbocycles. The van der Waals surface area contributed by atoms with Crippen LogP contribution in [0.15, 0.2) is 66.7 Å². The molecule has 0 spiro atoms. The number of benzene rings is 3. The van der Waals surface area contributed by atoms with Gasteiger partial charge in [-0.05, 0) is 61.4 Å². The number of ether oxygens (including phenoxy) is 1. The number of anilines is 1. The number of rotatable bonds is 6. The summed E-state index contributed by atoms with van der Waals surface area (Å²) in [5.41, 5.74) is 1.13. The van der Waals surface area contributed by atoms with E-state index in [1.54, 1.807) is 24.1 Å². The smallest absolute Gasteiger partial charge is 0.258 e. The van der Waals surface area contributed by atoms with Gasteiger partial charge in [0.05, 0.1) is 7.11 Å². The Morgan fingerprint density at radius 2 is 1.61 bits per heavy atom. The number of hydrogen-bond acceptors (Lipinski definition) is 3. The molecule has 1 amide bonds. The van der Waals surface area contributed by atoms with Crippen LogP contribution >= 0.6 is 0 Å². The van der Waals surface area contributed by atoms with E-state index < -0.39 is 17.5 Å². The molecule has 7 heteroatoms. The fourth-order valence-electron chi connectivity index (χ4n) is 4.23. The van der Waals surface area contributed by atoms with Crippen molar-refractivity contribution in [3.8, 4) is 5.75 Å². The standard InChI is InChI=1S/C26H25F3N2O2/c1-33-22-5-2-4-21(16-22)31(26(32)18-8-10-19(27)11-9-18)20-12-14-30(15-13-20)17-23-24(28)6-3-7-25(23)29/h2-11,16,20H,12-15,17H2,1H3. The maximum Gasteiger partial charge on any atom is 0.258 e. The summed E-state index contributed by atoms with van der Waals surface area (Å²) in [4.78, 5) is 17.2. The summed E-state index contributed by atoms with van der Waals surface area (Å²) in [6.07, 6.45) is 1.25. The van der Waals surface area contributed by atoms with Gasteiger partial charge in [-0.2, -0.15) is 0 Å². The lowest BCUT2D eigenvalue weighted by molar-refractivity contribution is 0.0958. The summed E-state index contributed by atoms with van der Waals surface area (Å²) in [6, 6.07) is 16.5. The van der Waals surface area contributed by atoms with E-state index in [0.29, 0.717) is 42.9 Å². The second-order valence-electron chi connectivity index (χ2n) is 8.09. The summed E-state index contributed by atoms with van der Waals surface area (Å²) in [5, 5.41) is 0. The van der Waals surface area contributed by atoms with Gasteiger partial charge in [-0.1, -0.05) is 12.1 Å². The first-order valence-corrected chi connectivity index (χ1v) is 10.8. The lowest BCUT2D eigenvalue weighted by Crippen LogP contribution is -2.47. The van der Waals surface area contributed by atoms with Crippen LogP contribution in [-0.4, -0.2) is 37.0 Å². The zero-order valence-corrected chi connectivity index (χ0v) is 18.3. The van der Waals surface area contributed by atoms with Crippen molar-refractivity contribution < 1.29 is 22.7 Å².